The molecule has 1 aliphatic carbocycles. The molecule has 5 heterocycles. The first-order chi connectivity index (χ1) is 20.0. The van der Waals surface area contributed by atoms with Crippen molar-refractivity contribution in [2.75, 3.05) is 19.6 Å². The number of likely N-dealkylation sites (tertiary alicyclic amines) is 1. The fraction of sp³-hybridized carbons (Fsp3) is 0.323. The average molecular weight is 554 g/mol. The Morgan fingerprint density at radius 2 is 1.76 bits per heavy atom. The van der Waals surface area contributed by atoms with Gasteiger partial charge < -0.3 is 9.47 Å². The Labute approximate surface area is 235 Å². The number of carbonyl (C=O) groups is 1. The van der Waals surface area contributed by atoms with Gasteiger partial charge >= 0.3 is 0 Å². The predicted molar refractivity (Wildman–Crippen MR) is 149 cm³/mol. The summed E-state index contributed by atoms with van der Waals surface area (Å²) in [6, 6.07) is 13.0. The molecule has 0 spiro atoms. The number of benzene rings is 1. The summed E-state index contributed by atoms with van der Waals surface area (Å²) >= 11 is 0. The Hall–Kier alpha value is -4.31. The molecule has 1 saturated carbocycles. The molecule has 1 aromatic carbocycles. The van der Waals surface area contributed by atoms with Crippen molar-refractivity contribution in [2.45, 2.75) is 38.1 Å². The molecule has 0 unspecified atom stereocenters. The van der Waals surface area contributed by atoms with Crippen molar-refractivity contribution in [1.29, 1.82) is 0 Å². The number of aromatic nitrogens is 6. The number of halogens is 2. The minimum atomic E-state index is -0.695. The summed E-state index contributed by atoms with van der Waals surface area (Å²) in [6.07, 6.45) is 9.65. The van der Waals surface area contributed by atoms with Gasteiger partial charge in [0.25, 0.3) is 0 Å². The highest BCUT2D eigenvalue weighted by Gasteiger charge is 2.29. The highest BCUT2D eigenvalue weighted by molar-refractivity contribution is 5.97. The van der Waals surface area contributed by atoms with Crippen LogP contribution >= 0.6 is 0 Å². The molecule has 7 rings (SSSR count). The molecule has 2 fully saturated rings. The van der Waals surface area contributed by atoms with Crippen LogP contribution < -0.4 is 0 Å². The van der Waals surface area contributed by atoms with Crippen molar-refractivity contribution in [3.63, 3.8) is 0 Å². The monoisotopic (exact) mass is 553 g/mol. The van der Waals surface area contributed by atoms with Crippen LogP contribution in [0.5, 0.6) is 0 Å². The van der Waals surface area contributed by atoms with Crippen LogP contribution in [0.3, 0.4) is 0 Å². The minimum absolute atomic E-state index is 0.0142. The van der Waals surface area contributed by atoms with Gasteiger partial charge in [-0.2, -0.15) is 9.49 Å². The Bertz CT molecular complexity index is 1720. The maximum atomic E-state index is 13.8. The Morgan fingerprint density at radius 3 is 2.51 bits per heavy atom. The van der Waals surface area contributed by atoms with Gasteiger partial charge in [-0.1, -0.05) is 0 Å². The average Bonchev–Trinajstić information content (AvgIpc) is 3.53. The number of pyridine rings is 1. The standard InChI is InChI=1S/C31H29F2N7O/c32-23-5-3-21(4-6-23)30-31(39(19-35-30)25-10-13-38(14-11-25)17-20-1-2-20)26-7-8-29-36-24(18-40(29)37-26)16-27(41)22-9-12-34-28(33)15-22/h3-9,12,15,18-20,25H,1-2,10-11,13-14,16-17H2. The summed E-state index contributed by atoms with van der Waals surface area (Å²) in [7, 11) is 0. The molecule has 0 atom stereocenters. The van der Waals surface area contributed by atoms with Crippen molar-refractivity contribution >= 4 is 11.4 Å². The van der Waals surface area contributed by atoms with Gasteiger partial charge in [0.2, 0.25) is 5.95 Å². The highest BCUT2D eigenvalue weighted by atomic mass is 19.1. The third kappa shape index (κ3) is 5.39. The van der Waals surface area contributed by atoms with Crippen LogP contribution in [0.1, 0.15) is 47.8 Å². The SMILES string of the molecule is O=C(Cc1cn2nc(-c3c(-c4ccc(F)cc4)ncn3C3CCN(CC4CC4)CC3)ccc2n1)c1ccnc(F)c1. The van der Waals surface area contributed by atoms with E-state index in [0.29, 0.717) is 17.0 Å². The van der Waals surface area contributed by atoms with Gasteiger partial charge in [0, 0.05) is 49.1 Å². The van der Waals surface area contributed by atoms with Gasteiger partial charge in [-0.05, 0) is 74.1 Å². The van der Waals surface area contributed by atoms with E-state index in [9.17, 15) is 13.6 Å². The zero-order chi connectivity index (χ0) is 27.9. The van der Waals surface area contributed by atoms with E-state index in [-0.39, 0.29) is 29.6 Å². The molecular weight excluding hydrogens is 524 g/mol. The van der Waals surface area contributed by atoms with Crippen LogP contribution in [0.15, 0.2) is 67.3 Å². The summed E-state index contributed by atoms with van der Waals surface area (Å²) in [5, 5.41) is 4.88. The zero-order valence-corrected chi connectivity index (χ0v) is 22.5. The van der Waals surface area contributed by atoms with Crippen molar-refractivity contribution in [1.82, 2.24) is 34.0 Å². The number of hydrogen-bond acceptors (Lipinski definition) is 6. The van der Waals surface area contributed by atoms with Gasteiger partial charge in [0.15, 0.2) is 11.4 Å². The smallest absolute Gasteiger partial charge is 0.213 e. The number of hydrogen-bond donors (Lipinski definition) is 0. The second kappa shape index (κ2) is 10.6. The van der Waals surface area contributed by atoms with E-state index in [1.807, 2.05) is 18.5 Å². The largest absolute Gasteiger partial charge is 0.326 e. The number of fused-ring (bicyclic) bond motifs is 1. The van der Waals surface area contributed by atoms with Crippen LogP contribution in [-0.4, -0.2) is 59.5 Å². The molecular formula is C31H29F2N7O. The molecule has 8 nitrogen and oxygen atoms in total. The van der Waals surface area contributed by atoms with E-state index in [1.165, 1.54) is 43.8 Å². The number of ketones is 1. The maximum Gasteiger partial charge on any atom is 0.213 e. The molecule has 1 saturated heterocycles. The Kier molecular flexibility index (Phi) is 6.62. The molecule has 1 aliphatic heterocycles. The molecule has 2 aliphatic rings. The zero-order valence-electron chi connectivity index (χ0n) is 22.5. The quantitative estimate of drug-likeness (QED) is 0.189. The maximum absolute atomic E-state index is 13.8. The van der Waals surface area contributed by atoms with E-state index >= 15 is 0 Å². The van der Waals surface area contributed by atoms with Gasteiger partial charge in [-0.3, -0.25) is 4.79 Å². The van der Waals surface area contributed by atoms with Crippen LogP contribution in [0.2, 0.25) is 0 Å². The summed E-state index contributed by atoms with van der Waals surface area (Å²) in [4.78, 5) is 28.2. The first kappa shape index (κ1) is 25.6. The molecule has 0 N–H and O–H groups in total. The number of carbonyl (C=O) groups excluding carboxylic acids is 1. The number of nitrogens with zero attached hydrogens (tertiary/aromatic N) is 7. The van der Waals surface area contributed by atoms with Crippen molar-refractivity contribution in [3.8, 4) is 22.6 Å². The summed E-state index contributed by atoms with van der Waals surface area (Å²) in [6.45, 7) is 3.30. The molecule has 0 bridgehead atoms. The lowest BCUT2D eigenvalue weighted by molar-refractivity contribution is 0.0991. The third-order valence-corrected chi connectivity index (χ3v) is 8.08. The van der Waals surface area contributed by atoms with Crippen LogP contribution in [0.4, 0.5) is 8.78 Å². The van der Waals surface area contributed by atoms with E-state index in [2.05, 4.69) is 19.4 Å². The van der Waals surface area contributed by atoms with Gasteiger partial charge in [0.05, 0.1) is 36.0 Å². The molecule has 10 heteroatoms. The van der Waals surface area contributed by atoms with Gasteiger partial charge in [-0.15, -0.1) is 0 Å². The van der Waals surface area contributed by atoms with Gasteiger partial charge in [0.1, 0.15) is 11.5 Å². The topological polar surface area (TPSA) is 81.2 Å². The van der Waals surface area contributed by atoms with E-state index in [4.69, 9.17) is 10.1 Å². The summed E-state index contributed by atoms with van der Waals surface area (Å²) in [5.74, 6) is -0.371. The van der Waals surface area contributed by atoms with Crippen LogP contribution in [0.25, 0.3) is 28.3 Å². The Balaban J connectivity index is 1.21. The molecule has 208 valence electrons. The second-order valence-electron chi connectivity index (χ2n) is 11.1. The molecule has 5 aromatic rings. The van der Waals surface area contributed by atoms with E-state index in [1.54, 1.807) is 22.8 Å². The first-order valence-corrected chi connectivity index (χ1v) is 14.1. The first-order valence-electron chi connectivity index (χ1n) is 14.1. The van der Waals surface area contributed by atoms with Crippen molar-refractivity contribution < 1.29 is 13.6 Å². The normalized spacial score (nSPS) is 16.4. The number of rotatable bonds is 8. The van der Waals surface area contributed by atoms with Crippen LogP contribution in [0, 0.1) is 17.7 Å². The number of piperidine rings is 1. The number of Topliss-reactive ketones (excluding diaryl/α,β-unsaturated/α-hetero) is 1. The lowest BCUT2D eigenvalue weighted by Gasteiger charge is -2.33. The summed E-state index contributed by atoms with van der Waals surface area (Å²) in [5.41, 5.74) is 4.52. The van der Waals surface area contributed by atoms with E-state index < -0.39 is 5.95 Å². The second-order valence-corrected chi connectivity index (χ2v) is 11.1. The fourth-order valence-electron chi connectivity index (χ4n) is 5.74. The lowest BCUT2D eigenvalue weighted by atomic mass is 10.0. The third-order valence-electron chi connectivity index (χ3n) is 8.08. The Morgan fingerprint density at radius 1 is 0.951 bits per heavy atom. The van der Waals surface area contributed by atoms with Crippen LogP contribution in [-0.2, 0) is 6.42 Å². The summed E-state index contributed by atoms with van der Waals surface area (Å²) < 4.78 is 31.1. The molecule has 4 aromatic heterocycles. The predicted octanol–water partition coefficient (Wildman–Crippen LogP) is 5.41. The van der Waals surface area contributed by atoms with E-state index in [0.717, 1.165) is 54.9 Å². The molecule has 0 amide bonds. The minimum Gasteiger partial charge on any atom is -0.326 e. The lowest BCUT2D eigenvalue weighted by Crippen LogP contribution is -2.36. The fourth-order valence-corrected chi connectivity index (χ4v) is 5.74. The molecule has 41 heavy (non-hydrogen) atoms. The van der Waals surface area contributed by atoms with Crippen molar-refractivity contribution in [2.24, 2.45) is 5.92 Å². The number of imidazole rings is 2. The van der Waals surface area contributed by atoms with Crippen molar-refractivity contribution in [3.05, 3.63) is 90.3 Å². The molecule has 0 radical (unpaired) electrons. The van der Waals surface area contributed by atoms with Gasteiger partial charge in [-0.25, -0.2) is 23.9 Å². The highest BCUT2D eigenvalue weighted by Crippen LogP contribution is 2.36.